The third kappa shape index (κ3) is 49.9. The van der Waals surface area contributed by atoms with Gasteiger partial charge in [-0.1, -0.05) is 235 Å². The Balaban J connectivity index is 3.67. The number of allylic oxidation sites excluding steroid dienone is 10. The first-order valence-corrected chi connectivity index (χ1v) is 28.6. The molecule has 65 heavy (non-hydrogen) atoms. The third-order valence-corrected chi connectivity index (χ3v) is 13.0. The third-order valence-electron chi connectivity index (χ3n) is 12.0. The summed E-state index contributed by atoms with van der Waals surface area (Å²) >= 11 is 0. The summed E-state index contributed by atoms with van der Waals surface area (Å²) in [5, 5.41) is 13.7. The van der Waals surface area contributed by atoms with Crippen molar-refractivity contribution in [3.63, 3.8) is 0 Å². The van der Waals surface area contributed by atoms with Gasteiger partial charge in [-0.2, -0.15) is 0 Å². The number of quaternary nitrogens is 1. The first-order chi connectivity index (χ1) is 31.5. The average molecular weight is 933 g/mol. The first-order valence-electron chi connectivity index (χ1n) is 27.1. The van der Waals surface area contributed by atoms with Gasteiger partial charge in [-0.05, 0) is 57.8 Å². The van der Waals surface area contributed by atoms with Gasteiger partial charge in [0.05, 0.1) is 39.9 Å². The molecular formula is C56H105N2O6P. The maximum Gasteiger partial charge on any atom is 0.268 e. The zero-order valence-electron chi connectivity index (χ0n) is 43.2. The number of amides is 1. The number of phosphoric acid groups is 1. The summed E-state index contributed by atoms with van der Waals surface area (Å²) in [6.07, 6.45) is 63.5. The topological polar surface area (TPSA) is 108 Å². The molecule has 0 radical (unpaired) electrons. The molecule has 0 bridgehead atoms. The fourth-order valence-corrected chi connectivity index (χ4v) is 8.50. The molecule has 8 nitrogen and oxygen atoms in total. The lowest BCUT2D eigenvalue weighted by atomic mass is 10.0. The van der Waals surface area contributed by atoms with E-state index >= 15 is 0 Å². The molecule has 9 heteroatoms. The Morgan fingerprint density at radius 3 is 1.35 bits per heavy atom. The smallest absolute Gasteiger partial charge is 0.268 e. The predicted molar refractivity (Wildman–Crippen MR) is 279 cm³/mol. The van der Waals surface area contributed by atoms with E-state index in [0.717, 1.165) is 77.0 Å². The summed E-state index contributed by atoms with van der Waals surface area (Å²) in [6, 6.07) is -0.795. The molecule has 3 atom stereocenters. The van der Waals surface area contributed by atoms with E-state index in [-0.39, 0.29) is 19.1 Å². The maximum atomic E-state index is 12.8. The summed E-state index contributed by atoms with van der Waals surface area (Å²) in [7, 11) is 1.30. The average Bonchev–Trinajstić information content (AvgIpc) is 3.26. The van der Waals surface area contributed by atoms with Gasteiger partial charge in [-0.25, -0.2) is 0 Å². The van der Waals surface area contributed by atoms with Crippen molar-refractivity contribution in [2.24, 2.45) is 0 Å². The number of carbonyl (C=O) groups excluding carboxylic acids is 1. The monoisotopic (exact) mass is 933 g/mol. The van der Waals surface area contributed by atoms with Crippen LogP contribution < -0.4 is 10.2 Å². The van der Waals surface area contributed by atoms with Gasteiger partial charge < -0.3 is 28.8 Å². The Kier molecular flexibility index (Phi) is 46.0. The fourth-order valence-electron chi connectivity index (χ4n) is 7.77. The summed E-state index contributed by atoms with van der Waals surface area (Å²) < 4.78 is 23.1. The van der Waals surface area contributed by atoms with E-state index in [2.05, 4.69) is 79.9 Å². The summed E-state index contributed by atoms with van der Waals surface area (Å²) in [6.45, 7) is 4.48. The molecule has 0 aromatic carbocycles. The minimum absolute atomic E-state index is 0.0114. The molecule has 0 aromatic heterocycles. The Bertz CT molecular complexity index is 1240. The summed E-state index contributed by atoms with van der Waals surface area (Å²) in [5.41, 5.74) is 0. The van der Waals surface area contributed by atoms with Crippen molar-refractivity contribution >= 4 is 13.7 Å². The Morgan fingerprint density at radius 2 is 0.938 bits per heavy atom. The largest absolute Gasteiger partial charge is 0.756 e. The van der Waals surface area contributed by atoms with Gasteiger partial charge in [0.2, 0.25) is 5.91 Å². The number of hydrogen-bond acceptors (Lipinski definition) is 6. The highest BCUT2D eigenvalue weighted by Gasteiger charge is 2.24. The number of likely N-dealkylation sites (N-methyl/N-ethyl adjacent to an activating group) is 1. The minimum Gasteiger partial charge on any atom is -0.756 e. The van der Waals surface area contributed by atoms with Crippen LogP contribution in [0.1, 0.15) is 239 Å². The van der Waals surface area contributed by atoms with E-state index in [1.807, 2.05) is 21.1 Å². The second-order valence-corrected chi connectivity index (χ2v) is 21.0. The molecule has 0 aliphatic heterocycles. The van der Waals surface area contributed by atoms with Crippen LogP contribution >= 0.6 is 7.82 Å². The number of aliphatic hydroxyl groups excluding tert-OH is 1. The molecular weight excluding hydrogens is 828 g/mol. The van der Waals surface area contributed by atoms with Crippen molar-refractivity contribution in [1.82, 2.24) is 5.32 Å². The van der Waals surface area contributed by atoms with Gasteiger partial charge in [-0.3, -0.25) is 9.36 Å². The van der Waals surface area contributed by atoms with Gasteiger partial charge in [-0.15, -0.1) is 0 Å². The normalized spacial score (nSPS) is 14.5. The van der Waals surface area contributed by atoms with Crippen molar-refractivity contribution in [3.8, 4) is 0 Å². The lowest BCUT2D eigenvalue weighted by Crippen LogP contribution is -2.46. The molecule has 0 spiro atoms. The number of nitrogens with zero attached hydrogens (tertiary/aromatic N) is 1. The van der Waals surface area contributed by atoms with E-state index in [9.17, 15) is 19.4 Å². The maximum absolute atomic E-state index is 12.8. The highest BCUT2D eigenvalue weighted by molar-refractivity contribution is 7.45. The minimum atomic E-state index is -4.55. The van der Waals surface area contributed by atoms with Crippen LogP contribution in [0.2, 0.25) is 0 Å². The Hall–Kier alpha value is -1.80. The van der Waals surface area contributed by atoms with E-state index in [1.165, 1.54) is 135 Å². The molecule has 0 heterocycles. The molecule has 0 rings (SSSR count). The Labute approximate surface area is 402 Å². The van der Waals surface area contributed by atoms with Gasteiger partial charge in [0.1, 0.15) is 13.2 Å². The van der Waals surface area contributed by atoms with Crippen molar-refractivity contribution < 1.29 is 32.9 Å². The molecule has 380 valence electrons. The van der Waals surface area contributed by atoms with Crippen LogP contribution in [-0.4, -0.2) is 68.5 Å². The zero-order valence-corrected chi connectivity index (χ0v) is 44.1. The Morgan fingerprint density at radius 1 is 0.554 bits per heavy atom. The molecule has 0 aliphatic carbocycles. The molecule has 0 aliphatic rings. The van der Waals surface area contributed by atoms with Crippen molar-refractivity contribution in [2.75, 3.05) is 40.9 Å². The first kappa shape index (κ1) is 63.2. The molecule has 3 unspecified atom stereocenters. The van der Waals surface area contributed by atoms with Crippen LogP contribution in [0.4, 0.5) is 0 Å². The highest BCUT2D eigenvalue weighted by atomic mass is 31.2. The molecule has 0 aromatic rings. The van der Waals surface area contributed by atoms with E-state index in [1.54, 1.807) is 0 Å². The van der Waals surface area contributed by atoms with Gasteiger partial charge >= 0.3 is 0 Å². The number of hydrogen-bond donors (Lipinski definition) is 2. The van der Waals surface area contributed by atoms with Crippen molar-refractivity contribution in [1.29, 1.82) is 0 Å². The van der Waals surface area contributed by atoms with Crippen molar-refractivity contribution in [3.05, 3.63) is 60.8 Å². The zero-order chi connectivity index (χ0) is 47.8. The number of rotatable bonds is 49. The molecule has 2 N–H and O–H groups in total. The number of nitrogens with one attached hydrogen (secondary N) is 1. The summed E-state index contributed by atoms with van der Waals surface area (Å²) in [5.74, 6) is -0.172. The molecule has 0 saturated carbocycles. The second-order valence-electron chi connectivity index (χ2n) is 19.6. The quantitative estimate of drug-likeness (QED) is 0.0272. The van der Waals surface area contributed by atoms with Crippen molar-refractivity contribution in [2.45, 2.75) is 251 Å². The van der Waals surface area contributed by atoms with Gasteiger partial charge in [0, 0.05) is 6.42 Å². The SMILES string of the molecule is CC/C=C\C/C=C\C/C=C\C/C=C\C/C=C\CCCCCCCCCCCCCCCCCCCCCCCCCC(=O)NC(COP(=O)([O-])OCC[N+](C)(C)C)C(O)CCCCCC. The number of aliphatic hydroxyl groups is 1. The number of unbranched alkanes of at least 4 members (excludes halogenated alkanes) is 26. The molecule has 1 amide bonds. The fraction of sp³-hybridized carbons (Fsp3) is 0.804. The molecule has 0 saturated heterocycles. The lowest BCUT2D eigenvalue weighted by Gasteiger charge is -2.30. The van der Waals surface area contributed by atoms with Crippen LogP contribution in [0.15, 0.2) is 60.8 Å². The van der Waals surface area contributed by atoms with E-state index in [0.29, 0.717) is 23.9 Å². The van der Waals surface area contributed by atoms with E-state index in [4.69, 9.17) is 9.05 Å². The number of carbonyl (C=O) groups is 1. The summed E-state index contributed by atoms with van der Waals surface area (Å²) in [4.78, 5) is 25.1. The van der Waals surface area contributed by atoms with Gasteiger partial charge in [0.15, 0.2) is 0 Å². The van der Waals surface area contributed by atoms with Crippen LogP contribution in [0, 0.1) is 0 Å². The van der Waals surface area contributed by atoms with Crippen LogP contribution in [0.5, 0.6) is 0 Å². The van der Waals surface area contributed by atoms with Crippen LogP contribution in [0.3, 0.4) is 0 Å². The lowest BCUT2D eigenvalue weighted by molar-refractivity contribution is -0.870. The van der Waals surface area contributed by atoms with E-state index < -0.39 is 20.0 Å². The standard InChI is InChI=1S/C56H105N2O6P/c1-6-8-10-12-13-14-15-16-17-18-19-20-21-22-23-24-25-26-27-28-29-30-31-32-33-34-35-36-37-38-39-40-41-42-43-44-45-46-48-50-56(60)57-54(55(59)49-47-11-9-7-2)53-64-65(61,62)63-52-51-58(3,4)5/h8,10,13-14,16-17,19-20,22-23,54-55,59H,6-7,9,11-12,15,18,21,24-53H2,1-5H3,(H-,57,60,61,62)/b10-8-,14-13-,17-16-,20-19-,23-22-. The highest BCUT2D eigenvalue weighted by Crippen LogP contribution is 2.38. The van der Waals surface area contributed by atoms with Crippen LogP contribution in [-0.2, 0) is 18.4 Å². The second kappa shape index (κ2) is 47.3. The molecule has 0 fully saturated rings. The predicted octanol–water partition coefficient (Wildman–Crippen LogP) is 15.5. The van der Waals surface area contributed by atoms with Gasteiger partial charge in [0.25, 0.3) is 7.82 Å². The number of phosphoric ester groups is 1. The van der Waals surface area contributed by atoms with Crippen LogP contribution in [0.25, 0.3) is 0 Å².